The summed E-state index contributed by atoms with van der Waals surface area (Å²) >= 11 is 0. The van der Waals surface area contributed by atoms with Crippen LogP contribution >= 0.6 is 0 Å². The van der Waals surface area contributed by atoms with Gasteiger partial charge in [-0.1, -0.05) is 60.7 Å². The van der Waals surface area contributed by atoms with Gasteiger partial charge in [-0.15, -0.1) is 0 Å². The van der Waals surface area contributed by atoms with E-state index in [1.165, 1.54) is 24.0 Å². The molecule has 6 nitrogen and oxygen atoms in total. The van der Waals surface area contributed by atoms with Crippen molar-refractivity contribution in [2.24, 2.45) is 0 Å². The Balaban J connectivity index is 1.35. The molecule has 1 saturated heterocycles. The first-order valence-electron chi connectivity index (χ1n) is 15.0. The van der Waals surface area contributed by atoms with Gasteiger partial charge in [-0.25, -0.2) is 4.98 Å². The molecule has 0 N–H and O–H groups in total. The Labute approximate surface area is 247 Å². The number of methoxy groups -OCH3 is 1. The number of imidazole rings is 1. The zero-order chi connectivity index (χ0) is 28.5. The molecule has 2 heterocycles. The zero-order valence-electron chi connectivity index (χ0n) is 24.4. The summed E-state index contributed by atoms with van der Waals surface area (Å²) < 4.78 is 21.5. The van der Waals surface area contributed by atoms with Crippen molar-refractivity contribution >= 4 is 16.7 Å². The Hall–Kier alpha value is -4.45. The second-order valence-corrected chi connectivity index (χ2v) is 11.4. The third-order valence-corrected chi connectivity index (χ3v) is 8.70. The van der Waals surface area contributed by atoms with Crippen LogP contribution in [0.1, 0.15) is 48.4 Å². The van der Waals surface area contributed by atoms with Gasteiger partial charge in [-0.2, -0.15) is 0 Å². The van der Waals surface area contributed by atoms with Crippen LogP contribution in [0.3, 0.4) is 0 Å². The van der Waals surface area contributed by atoms with E-state index in [1.807, 2.05) is 36.4 Å². The van der Waals surface area contributed by atoms with Gasteiger partial charge in [0.05, 0.1) is 18.1 Å². The van der Waals surface area contributed by atoms with Crippen LogP contribution in [0.2, 0.25) is 0 Å². The Kier molecular flexibility index (Phi) is 7.20. The van der Waals surface area contributed by atoms with Gasteiger partial charge in [0.2, 0.25) is 5.75 Å². The lowest BCUT2D eigenvalue weighted by Crippen LogP contribution is -2.36. The van der Waals surface area contributed by atoms with E-state index in [0.29, 0.717) is 36.5 Å². The molecule has 0 amide bonds. The van der Waals surface area contributed by atoms with E-state index in [4.69, 9.17) is 19.2 Å². The van der Waals surface area contributed by atoms with Crippen molar-refractivity contribution in [2.75, 3.05) is 25.1 Å². The summed E-state index contributed by atoms with van der Waals surface area (Å²) in [5, 5.41) is 0. The molecule has 5 aromatic rings. The lowest BCUT2D eigenvalue weighted by molar-refractivity contribution is 0.242. The molecule has 1 saturated carbocycles. The summed E-state index contributed by atoms with van der Waals surface area (Å²) in [6, 6.07) is 29.7. The molecule has 0 spiro atoms. The Bertz CT molecular complexity index is 1690. The first-order chi connectivity index (χ1) is 20.7. The van der Waals surface area contributed by atoms with Crippen molar-refractivity contribution in [1.29, 1.82) is 0 Å². The lowest BCUT2D eigenvalue weighted by Gasteiger charge is -2.33. The molecular weight excluding hydrogens is 522 g/mol. The van der Waals surface area contributed by atoms with E-state index in [-0.39, 0.29) is 0 Å². The van der Waals surface area contributed by atoms with E-state index in [0.717, 1.165) is 59.5 Å². The van der Waals surface area contributed by atoms with Gasteiger partial charge in [-0.05, 0) is 68.0 Å². The number of rotatable bonds is 10. The fourth-order valence-electron chi connectivity index (χ4n) is 5.93. The van der Waals surface area contributed by atoms with Crippen LogP contribution in [0.5, 0.6) is 17.2 Å². The molecule has 1 aliphatic carbocycles. The normalized spacial score (nSPS) is 14.9. The van der Waals surface area contributed by atoms with Crippen LogP contribution in [0.15, 0.2) is 84.9 Å². The average molecular weight is 560 g/mol. The maximum atomic E-state index is 6.59. The molecule has 42 heavy (non-hydrogen) atoms. The first kappa shape index (κ1) is 26.4. The second-order valence-electron chi connectivity index (χ2n) is 11.4. The van der Waals surface area contributed by atoms with Crippen LogP contribution in [0.4, 0.5) is 5.69 Å². The number of benzene rings is 4. The molecule has 0 bridgehead atoms. The SMILES string of the molecule is COc1cc(-c2nc3cc(N4CCC4)ccc3n2C2CCC2)c(C)c(OCc2ccccc2)c1OCc1ccccc1. The Morgan fingerprint density at radius 1 is 0.786 bits per heavy atom. The number of fused-ring (bicyclic) bond motifs is 1. The molecule has 6 heteroatoms. The summed E-state index contributed by atoms with van der Waals surface area (Å²) in [5.41, 5.74) is 7.66. The van der Waals surface area contributed by atoms with Gasteiger partial charge in [0.1, 0.15) is 19.0 Å². The van der Waals surface area contributed by atoms with Crippen molar-refractivity contribution in [2.45, 2.75) is 51.9 Å². The minimum absolute atomic E-state index is 0.414. The molecule has 2 aliphatic rings. The summed E-state index contributed by atoms with van der Waals surface area (Å²) in [5.74, 6) is 2.91. The van der Waals surface area contributed by atoms with Crippen LogP contribution in [-0.2, 0) is 13.2 Å². The maximum Gasteiger partial charge on any atom is 0.204 e. The average Bonchev–Trinajstić information content (AvgIpc) is 3.32. The highest BCUT2D eigenvalue weighted by atomic mass is 16.5. The second kappa shape index (κ2) is 11.4. The third-order valence-electron chi connectivity index (χ3n) is 8.70. The molecule has 0 atom stereocenters. The highest BCUT2D eigenvalue weighted by Crippen LogP contribution is 2.48. The Morgan fingerprint density at radius 2 is 1.45 bits per heavy atom. The van der Waals surface area contributed by atoms with Gasteiger partial charge in [-0.3, -0.25) is 0 Å². The van der Waals surface area contributed by atoms with Crippen LogP contribution < -0.4 is 19.1 Å². The molecule has 1 aromatic heterocycles. The van der Waals surface area contributed by atoms with Gasteiger partial charge >= 0.3 is 0 Å². The lowest BCUT2D eigenvalue weighted by atomic mass is 9.92. The molecular formula is C36H37N3O3. The minimum Gasteiger partial charge on any atom is -0.493 e. The summed E-state index contributed by atoms with van der Waals surface area (Å²) in [6.07, 6.45) is 4.83. The molecule has 4 aromatic carbocycles. The zero-order valence-corrected chi connectivity index (χ0v) is 24.4. The van der Waals surface area contributed by atoms with E-state index in [1.54, 1.807) is 7.11 Å². The number of anilines is 1. The Morgan fingerprint density at radius 3 is 2.02 bits per heavy atom. The third kappa shape index (κ3) is 4.95. The van der Waals surface area contributed by atoms with Gasteiger partial charge in [0.25, 0.3) is 0 Å². The first-order valence-corrected chi connectivity index (χ1v) is 15.0. The minimum atomic E-state index is 0.414. The quantitative estimate of drug-likeness (QED) is 0.173. The number of aromatic nitrogens is 2. The van der Waals surface area contributed by atoms with Crippen molar-refractivity contribution in [3.05, 3.63) is 102 Å². The van der Waals surface area contributed by atoms with Crippen LogP contribution in [0.25, 0.3) is 22.4 Å². The maximum absolute atomic E-state index is 6.59. The highest BCUT2D eigenvalue weighted by Gasteiger charge is 2.29. The summed E-state index contributed by atoms with van der Waals surface area (Å²) in [4.78, 5) is 7.71. The number of hydrogen-bond donors (Lipinski definition) is 0. The topological polar surface area (TPSA) is 48.8 Å². The van der Waals surface area contributed by atoms with E-state index in [9.17, 15) is 0 Å². The van der Waals surface area contributed by atoms with E-state index in [2.05, 4.69) is 64.9 Å². The number of ether oxygens (including phenoxy) is 3. The highest BCUT2D eigenvalue weighted by molar-refractivity contribution is 5.86. The van der Waals surface area contributed by atoms with Crippen LogP contribution in [-0.4, -0.2) is 29.8 Å². The smallest absolute Gasteiger partial charge is 0.204 e. The molecule has 1 aliphatic heterocycles. The van der Waals surface area contributed by atoms with E-state index < -0.39 is 0 Å². The van der Waals surface area contributed by atoms with Gasteiger partial charge in [0.15, 0.2) is 11.5 Å². The summed E-state index contributed by atoms with van der Waals surface area (Å²) in [7, 11) is 1.69. The monoisotopic (exact) mass is 559 g/mol. The van der Waals surface area contributed by atoms with Gasteiger partial charge in [0, 0.05) is 35.9 Å². The van der Waals surface area contributed by atoms with Crippen molar-refractivity contribution in [3.63, 3.8) is 0 Å². The van der Waals surface area contributed by atoms with Crippen molar-refractivity contribution < 1.29 is 14.2 Å². The van der Waals surface area contributed by atoms with Crippen molar-refractivity contribution in [3.8, 4) is 28.6 Å². The molecule has 7 rings (SSSR count). The van der Waals surface area contributed by atoms with Crippen molar-refractivity contribution in [1.82, 2.24) is 9.55 Å². The van der Waals surface area contributed by atoms with E-state index >= 15 is 0 Å². The number of hydrogen-bond acceptors (Lipinski definition) is 5. The molecule has 0 radical (unpaired) electrons. The molecule has 2 fully saturated rings. The van der Waals surface area contributed by atoms with Gasteiger partial charge < -0.3 is 23.7 Å². The number of nitrogens with zero attached hydrogens (tertiary/aromatic N) is 3. The summed E-state index contributed by atoms with van der Waals surface area (Å²) in [6.45, 7) is 5.18. The standard InChI is InChI=1S/C36H37N3O3/c1-25-30(36-37-31-21-29(38-19-10-20-38)17-18-32(31)39(36)28-15-9-16-28)22-33(40-2)35(42-24-27-13-7-4-8-14-27)34(25)41-23-26-11-5-3-6-12-26/h3-8,11-14,17-18,21-22,28H,9-10,15-16,19-20,23-24H2,1-2H3. The largest absolute Gasteiger partial charge is 0.493 e. The molecule has 214 valence electrons. The predicted octanol–water partition coefficient (Wildman–Crippen LogP) is 8.11. The fourth-order valence-corrected chi connectivity index (χ4v) is 5.93. The fraction of sp³-hybridized carbons (Fsp3) is 0.306. The predicted molar refractivity (Wildman–Crippen MR) is 168 cm³/mol. The van der Waals surface area contributed by atoms with Crippen LogP contribution in [0, 0.1) is 6.92 Å². The molecule has 0 unspecified atom stereocenters.